The summed E-state index contributed by atoms with van der Waals surface area (Å²) >= 11 is 0. The van der Waals surface area contributed by atoms with Crippen molar-refractivity contribution in [1.82, 2.24) is 0 Å². The number of phenolic OH excluding ortho intramolecular Hbond substituents is 2. The molecule has 0 heterocycles. The van der Waals surface area contributed by atoms with E-state index >= 15 is 0 Å². The average molecular weight is 320 g/mol. The zero-order chi connectivity index (χ0) is 16.8. The Morgan fingerprint density at radius 2 is 1.32 bits per heavy atom. The first-order valence-corrected chi connectivity index (χ1v) is 8.40. The molecule has 5 heteroatoms. The highest BCUT2D eigenvalue weighted by atomic mass is 32.2. The fourth-order valence-electron chi connectivity index (χ4n) is 2.46. The van der Waals surface area contributed by atoms with Gasteiger partial charge >= 0.3 is 0 Å². The fourth-order valence-corrected chi connectivity index (χ4v) is 4.19. The highest BCUT2D eigenvalue weighted by Crippen LogP contribution is 2.37. The predicted molar refractivity (Wildman–Crippen MR) is 85.4 cm³/mol. The number of hydrogen-bond donors (Lipinski definition) is 2. The van der Waals surface area contributed by atoms with Crippen molar-refractivity contribution in [3.63, 3.8) is 0 Å². The highest BCUT2D eigenvalue weighted by Gasteiger charge is 2.26. The third kappa shape index (κ3) is 2.46. The maximum Gasteiger partial charge on any atom is 0.210 e. The quantitative estimate of drug-likeness (QED) is 0.888. The number of rotatable bonds is 2. The van der Waals surface area contributed by atoms with E-state index in [1.165, 1.54) is 12.1 Å². The van der Waals surface area contributed by atoms with Gasteiger partial charge in [-0.3, -0.25) is 0 Å². The van der Waals surface area contributed by atoms with Crippen LogP contribution in [0, 0.1) is 34.6 Å². The Bertz CT molecular complexity index is 842. The molecule has 4 nitrogen and oxygen atoms in total. The Morgan fingerprint density at radius 3 is 1.86 bits per heavy atom. The molecule has 0 aliphatic rings. The molecule has 22 heavy (non-hydrogen) atoms. The third-order valence-electron chi connectivity index (χ3n) is 4.15. The first-order valence-electron chi connectivity index (χ1n) is 6.92. The first kappa shape index (κ1) is 16.4. The second-order valence-electron chi connectivity index (χ2n) is 5.70. The molecule has 0 aliphatic carbocycles. The van der Waals surface area contributed by atoms with E-state index in [2.05, 4.69) is 0 Å². The van der Waals surface area contributed by atoms with Gasteiger partial charge in [0.1, 0.15) is 16.4 Å². The lowest BCUT2D eigenvalue weighted by atomic mass is 10.1. The summed E-state index contributed by atoms with van der Waals surface area (Å²) in [6.45, 7) is 8.61. The SMILES string of the molecule is Cc1cc(S(=O)(=O)c2c(C)cc(C)c(C)c2O)cc(O)c1C. The first-order chi connectivity index (χ1) is 10.1. The molecule has 0 bridgehead atoms. The molecule has 0 fully saturated rings. The number of benzene rings is 2. The second-order valence-corrected chi connectivity index (χ2v) is 7.59. The zero-order valence-electron chi connectivity index (χ0n) is 13.4. The van der Waals surface area contributed by atoms with Crippen LogP contribution < -0.4 is 0 Å². The average Bonchev–Trinajstić information content (AvgIpc) is 2.41. The minimum absolute atomic E-state index is 0.0187. The van der Waals surface area contributed by atoms with Gasteiger partial charge in [0.15, 0.2) is 0 Å². The van der Waals surface area contributed by atoms with Crippen LogP contribution in [0.3, 0.4) is 0 Å². The maximum atomic E-state index is 12.9. The van der Waals surface area contributed by atoms with E-state index in [1.54, 1.807) is 33.8 Å². The Balaban J connectivity index is 2.80. The maximum absolute atomic E-state index is 12.9. The number of sulfone groups is 1. The minimum atomic E-state index is -3.91. The molecule has 0 unspecified atom stereocenters. The van der Waals surface area contributed by atoms with Gasteiger partial charge in [-0.25, -0.2) is 8.42 Å². The Labute approximate surface area is 131 Å². The molecule has 2 aromatic rings. The second kappa shape index (κ2) is 5.32. The highest BCUT2D eigenvalue weighted by molar-refractivity contribution is 7.91. The van der Waals surface area contributed by atoms with Gasteiger partial charge in [0.25, 0.3) is 0 Å². The van der Waals surface area contributed by atoms with Crippen molar-refractivity contribution in [2.75, 3.05) is 0 Å². The van der Waals surface area contributed by atoms with Crippen LogP contribution in [0.2, 0.25) is 0 Å². The summed E-state index contributed by atoms with van der Waals surface area (Å²) in [5, 5.41) is 20.2. The molecule has 0 saturated heterocycles. The Kier molecular flexibility index (Phi) is 3.96. The standard InChI is InChI=1S/C17H20O4S/c1-9-6-11(3)17(16(19)13(9)5)22(20,21)14-7-10(2)12(4)15(18)8-14/h6-8,18-19H,1-5H3. The lowest BCUT2D eigenvalue weighted by Gasteiger charge is -2.15. The topological polar surface area (TPSA) is 74.6 Å². The van der Waals surface area contributed by atoms with E-state index in [1.807, 2.05) is 6.92 Å². The monoisotopic (exact) mass is 320 g/mol. The molecule has 0 atom stereocenters. The molecular formula is C17H20O4S. The smallest absolute Gasteiger partial charge is 0.210 e. The van der Waals surface area contributed by atoms with Gasteiger partial charge in [-0.1, -0.05) is 6.07 Å². The minimum Gasteiger partial charge on any atom is -0.508 e. The summed E-state index contributed by atoms with van der Waals surface area (Å²) in [7, 11) is -3.91. The summed E-state index contributed by atoms with van der Waals surface area (Å²) < 4.78 is 25.8. The van der Waals surface area contributed by atoms with Crippen molar-refractivity contribution in [1.29, 1.82) is 0 Å². The van der Waals surface area contributed by atoms with E-state index < -0.39 is 9.84 Å². The molecule has 0 aliphatic heterocycles. The Morgan fingerprint density at radius 1 is 0.773 bits per heavy atom. The lowest BCUT2D eigenvalue weighted by molar-refractivity contribution is 0.452. The molecule has 0 radical (unpaired) electrons. The van der Waals surface area contributed by atoms with E-state index in [-0.39, 0.29) is 21.3 Å². The van der Waals surface area contributed by atoms with E-state index in [0.717, 1.165) is 5.56 Å². The van der Waals surface area contributed by atoms with Crippen LogP contribution in [0.1, 0.15) is 27.8 Å². The molecule has 0 amide bonds. The summed E-state index contributed by atoms with van der Waals surface area (Å²) in [6.07, 6.45) is 0. The number of hydrogen-bond acceptors (Lipinski definition) is 4. The van der Waals surface area contributed by atoms with Crippen LogP contribution in [0.5, 0.6) is 11.5 Å². The van der Waals surface area contributed by atoms with Crippen LogP contribution in [-0.2, 0) is 9.84 Å². The summed E-state index contributed by atoms with van der Waals surface area (Å²) in [5.74, 6) is -0.297. The van der Waals surface area contributed by atoms with Gasteiger partial charge in [0.05, 0.1) is 4.90 Å². The van der Waals surface area contributed by atoms with Crippen molar-refractivity contribution >= 4 is 9.84 Å². The lowest BCUT2D eigenvalue weighted by Crippen LogP contribution is -2.07. The predicted octanol–water partition coefficient (Wildman–Crippen LogP) is 3.47. The normalized spacial score (nSPS) is 11.7. The molecule has 2 rings (SSSR count). The van der Waals surface area contributed by atoms with Crippen LogP contribution in [0.25, 0.3) is 0 Å². The van der Waals surface area contributed by atoms with Crippen LogP contribution in [-0.4, -0.2) is 18.6 Å². The summed E-state index contributed by atoms with van der Waals surface area (Å²) in [4.78, 5) is -0.118. The van der Waals surface area contributed by atoms with Crippen LogP contribution in [0.4, 0.5) is 0 Å². The van der Waals surface area contributed by atoms with Gasteiger partial charge in [-0.05, 0) is 74.6 Å². The van der Waals surface area contributed by atoms with Crippen LogP contribution in [0.15, 0.2) is 28.0 Å². The Hall–Kier alpha value is -2.01. The summed E-state index contributed by atoms with van der Waals surface area (Å²) in [6, 6.07) is 4.48. The zero-order valence-corrected chi connectivity index (χ0v) is 14.2. The van der Waals surface area contributed by atoms with Gasteiger partial charge < -0.3 is 10.2 Å². The van der Waals surface area contributed by atoms with Crippen molar-refractivity contribution in [3.05, 3.63) is 46.0 Å². The largest absolute Gasteiger partial charge is 0.508 e. The molecule has 0 aromatic heterocycles. The molecule has 118 valence electrons. The molecule has 2 N–H and O–H groups in total. The third-order valence-corrected chi connectivity index (χ3v) is 6.05. The molecular weight excluding hydrogens is 300 g/mol. The van der Waals surface area contributed by atoms with Crippen molar-refractivity contribution in [3.8, 4) is 11.5 Å². The van der Waals surface area contributed by atoms with Crippen LogP contribution >= 0.6 is 0 Å². The van der Waals surface area contributed by atoms with Gasteiger partial charge in [0.2, 0.25) is 9.84 Å². The molecule has 2 aromatic carbocycles. The van der Waals surface area contributed by atoms with E-state index in [0.29, 0.717) is 22.3 Å². The van der Waals surface area contributed by atoms with Crippen molar-refractivity contribution in [2.24, 2.45) is 0 Å². The van der Waals surface area contributed by atoms with Crippen molar-refractivity contribution in [2.45, 2.75) is 44.4 Å². The van der Waals surface area contributed by atoms with E-state index in [9.17, 15) is 18.6 Å². The van der Waals surface area contributed by atoms with Gasteiger partial charge in [-0.2, -0.15) is 0 Å². The van der Waals surface area contributed by atoms with Gasteiger partial charge in [0, 0.05) is 0 Å². The number of aryl methyl sites for hydroxylation is 3. The van der Waals surface area contributed by atoms with E-state index in [4.69, 9.17) is 0 Å². The summed E-state index contributed by atoms with van der Waals surface area (Å²) in [5.41, 5.74) is 3.17. The fraction of sp³-hybridized carbons (Fsp3) is 0.294. The number of phenols is 2. The van der Waals surface area contributed by atoms with Gasteiger partial charge in [-0.15, -0.1) is 0 Å². The number of aromatic hydroxyl groups is 2. The molecule has 0 spiro atoms. The van der Waals surface area contributed by atoms with Crippen molar-refractivity contribution < 1.29 is 18.6 Å². The molecule has 0 saturated carbocycles.